The first-order valence-electron chi connectivity index (χ1n) is 5.75. The Morgan fingerprint density at radius 3 is 2.94 bits per heavy atom. The summed E-state index contributed by atoms with van der Waals surface area (Å²) in [6.45, 7) is 0.541. The summed E-state index contributed by atoms with van der Waals surface area (Å²) in [7, 11) is 1.80. The Balaban J connectivity index is 1.94. The number of pyridine rings is 1. The van der Waals surface area contributed by atoms with Gasteiger partial charge in [-0.15, -0.1) is 0 Å². The van der Waals surface area contributed by atoms with E-state index in [4.69, 9.17) is 5.73 Å². The molecule has 0 saturated heterocycles. The molecule has 1 amide bonds. The molecule has 2 N–H and O–H groups in total. The maximum Gasteiger partial charge on any atom is 0.229 e. The quantitative estimate of drug-likeness (QED) is 0.788. The zero-order valence-corrected chi connectivity index (χ0v) is 9.91. The number of nitrogens with zero attached hydrogens (tertiary/aromatic N) is 2. The van der Waals surface area contributed by atoms with Crippen molar-refractivity contribution in [3.8, 4) is 0 Å². The zero-order valence-electron chi connectivity index (χ0n) is 9.91. The fourth-order valence-electron chi connectivity index (χ4n) is 2.01. The van der Waals surface area contributed by atoms with Crippen LogP contribution in [0.5, 0.6) is 0 Å². The average Bonchev–Trinajstić information content (AvgIpc) is 2.76. The first-order valence-corrected chi connectivity index (χ1v) is 5.75. The molecule has 0 saturated carbocycles. The minimum Gasteiger partial charge on any atom is -0.339 e. The van der Waals surface area contributed by atoms with Gasteiger partial charge in [0.05, 0.1) is 18.2 Å². The molecule has 1 heterocycles. The predicted octanol–water partition coefficient (Wildman–Crippen LogP) is 0.943. The van der Waals surface area contributed by atoms with Crippen LogP contribution in [0.1, 0.15) is 12.1 Å². The summed E-state index contributed by atoms with van der Waals surface area (Å²) in [5, 5.41) is 0. The molecule has 90 valence electrons. The lowest BCUT2D eigenvalue weighted by molar-refractivity contribution is -0.133. The molecule has 1 aromatic heterocycles. The molecule has 2 rings (SSSR count). The van der Waals surface area contributed by atoms with Crippen LogP contribution in [-0.4, -0.2) is 28.9 Å². The van der Waals surface area contributed by atoms with Gasteiger partial charge in [0.25, 0.3) is 0 Å². The second kappa shape index (κ2) is 5.10. The van der Waals surface area contributed by atoms with Gasteiger partial charge in [0.2, 0.25) is 5.91 Å². The van der Waals surface area contributed by atoms with E-state index in [0.717, 1.165) is 5.69 Å². The number of nitrogens with two attached hydrogens (primary N) is 1. The van der Waals surface area contributed by atoms with Crippen molar-refractivity contribution in [3.63, 3.8) is 0 Å². The van der Waals surface area contributed by atoms with Crippen LogP contribution in [0.3, 0.4) is 0 Å². The van der Waals surface area contributed by atoms with E-state index in [2.05, 4.69) is 4.98 Å². The van der Waals surface area contributed by atoms with Gasteiger partial charge in [-0.3, -0.25) is 9.78 Å². The molecule has 2 atom stereocenters. The highest BCUT2D eigenvalue weighted by atomic mass is 16.2. The number of aromatic nitrogens is 1. The number of carbonyl (C=O) groups is 1. The third kappa shape index (κ3) is 2.91. The zero-order chi connectivity index (χ0) is 12.3. The lowest BCUT2D eigenvalue weighted by atomic mass is 10.1. The van der Waals surface area contributed by atoms with Crippen molar-refractivity contribution in [1.82, 2.24) is 9.88 Å². The molecule has 1 aromatic rings. The Hall–Kier alpha value is -1.68. The van der Waals surface area contributed by atoms with Crippen LogP contribution in [0.25, 0.3) is 0 Å². The van der Waals surface area contributed by atoms with Gasteiger partial charge in [-0.05, 0) is 18.6 Å². The van der Waals surface area contributed by atoms with Gasteiger partial charge in [-0.25, -0.2) is 0 Å². The number of rotatable bonds is 3. The van der Waals surface area contributed by atoms with Crippen molar-refractivity contribution in [3.05, 3.63) is 42.2 Å². The second-order valence-corrected chi connectivity index (χ2v) is 4.41. The largest absolute Gasteiger partial charge is 0.339 e. The molecule has 1 aliphatic rings. The fraction of sp³-hybridized carbons (Fsp3) is 0.385. The van der Waals surface area contributed by atoms with E-state index in [1.54, 1.807) is 18.1 Å². The third-order valence-electron chi connectivity index (χ3n) is 2.94. The lowest BCUT2D eigenvalue weighted by Gasteiger charge is -2.20. The standard InChI is InChI=1S/C13H17N3O/c1-16(9-12-4-2-3-7-15-12)13(17)10-5-6-11(14)8-10/h2-7,10-11H,8-9,14H2,1H3. The van der Waals surface area contributed by atoms with Crippen LogP contribution in [0.2, 0.25) is 0 Å². The van der Waals surface area contributed by atoms with E-state index in [0.29, 0.717) is 13.0 Å². The summed E-state index contributed by atoms with van der Waals surface area (Å²) in [5.74, 6) is 0.0403. The normalized spacial score (nSPS) is 22.7. The van der Waals surface area contributed by atoms with Gasteiger partial charge < -0.3 is 10.6 Å². The average molecular weight is 231 g/mol. The first-order chi connectivity index (χ1) is 8.16. The summed E-state index contributed by atoms with van der Waals surface area (Å²) in [6, 6.07) is 5.73. The molecule has 0 aromatic carbocycles. The van der Waals surface area contributed by atoms with Crippen molar-refractivity contribution in [1.29, 1.82) is 0 Å². The van der Waals surface area contributed by atoms with Gasteiger partial charge in [-0.2, -0.15) is 0 Å². The second-order valence-electron chi connectivity index (χ2n) is 4.41. The highest BCUT2D eigenvalue weighted by Gasteiger charge is 2.25. The summed E-state index contributed by atoms with van der Waals surface area (Å²) in [5.41, 5.74) is 6.64. The molecule has 1 aliphatic carbocycles. The highest BCUT2D eigenvalue weighted by Crippen LogP contribution is 2.19. The number of carbonyl (C=O) groups excluding carboxylic acids is 1. The van der Waals surface area contributed by atoms with Crippen molar-refractivity contribution < 1.29 is 4.79 Å². The lowest BCUT2D eigenvalue weighted by Crippen LogP contribution is -2.32. The fourth-order valence-corrected chi connectivity index (χ4v) is 2.01. The van der Waals surface area contributed by atoms with Crippen LogP contribution in [-0.2, 0) is 11.3 Å². The van der Waals surface area contributed by atoms with Crippen LogP contribution in [0.4, 0.5) is 0 Å². The topological polar surface area (TPSA) is 59.2 Å². The molecule has 4 heteroatoms. The Morgan fingerprint density at radius 1 is 1.53 bits per heavy atom. The van der Waals surface area contributed by atoms with Crippen LogP contribution >= 0.6 is 0 Å². The van der Waals surface area contributed by atoms with Gasteiger partial charge in [-0.1, -0.05) is 18.2 Å². The van der Waals surface area contributed by atoms with Gasteiger partial charge >= 0.3 is 0 Å². The van der Waals surface area contributed by atoms with E-state index in [-0.39, 0.29) is 17.9 Å². The summed E-state index contributed by atoms with van der Waals surface area (Å²) >= 11 is 0. The van der Waals surface area contributed by atoms with Gasteiger partial charge in [0.15, 0.2) is 0 Å². The van der Waals surface area contributed by atoms with E-state index < -0.39 is 0 Å². The summed E-state index contributed by atoms with van der Waals surface area (Å²) in [4.78, 5) is 18.0. The van der Waals surface area contributed by atoms with Crippen molar-refractivity contribution in [2.75, 3.05) is 7.05 Å². The van der Waals surface area contributed by atoms with Crippen molar-refractivity contribution in [2.24, 2.45) is 11.7 Å². The minimum absolute atomic E-state index is 0.0206. The number of hydrogen-bond acceptors (Lipinski definition) is 3. The monoisotopic (exact) mass is 231 g/mol. The van der Waals surface area contributed by atoms with Gasteiger partial charge in [0.1, 0.15) is 0 Å². The molecule has 2 unspecified atom stereocenters. The van der Waals surface area contributed by atoms with E-state index in [1.165, 1.54) is 0 Å². The summed E-state index contributed by atoms with van der Waals surface area (Å²) in [6.07, 6.45) is 6.25. The first kappa shape index (κ1) is 11.8. The van der Waals surface area contributed by atoms with Crippen molar-refractivity contribution >= 4 is 5.91 Å². The van der Waals surface area contributed by atoms with Crippen LogP contribution in [0, 0.1) is 5.92 Å². The Morgan fingerprint density at radius 2 is 2.35 bits per heavy atom. The SMILES string of the molecule is CN(Cc1ccccn1)C(=O)C1C=CC(N)C1. The Bertz CT molecular complexity index is 416. The predicted molar refractivity (Wildman–Crippen MR) is 65.9 cm³/mol. The van der Waals surface area contributed by atoms with Gasteiger partial charge in [0, 0.05) is 19.3 Å². The molecular weight excluding hydrogens is 214 g/mol. The Labute approximate surface area is 101 Å². The molecule has 0 bridgehead atoms. The number of hydrogen-bond donors (Lipinski definition) is 1. The molecular formula is C13H17N3O. The maximum absolute atomic E-state index is 12.1. The Kier molecular flexibility index (Phi) is 3.54. The molecule has 0 radical (unpaired) electrons. The maximum atomic E-state index is 12.1. The van der Waals surface area contributed by atoms with Crippen LogP contribution in [0.15, 0.2) is 36.5 Å². The number of amides is 1. The van der Waals surface area contributed by atoms with E-state index >= 15 is 0 Å². The third-order valence-corrected chi connectivity index (χ3v) is 2.94. The van der Waals surface area contributed by atoms with E-state index in [1.807, 2.05) is 30.4 Å². The molecule has 0 spiro atoms. The smallest absolute Gasteiger partial charge is 0.229 e. The van der Waals surface area contributed by atoms with Crippen LogP contribution < -0.4 is 5.73 Å². The molecule has 0 fully saturated rings. The van der Waals surface area contributed by atoms with Crippen molar-refractivity contribution in [2.45, 2.75) is 19.0 Å². The molecule has 0 aliphatic heterocycles. The minimum atomic E-state index is -0.0706. The molecule has 4 nitrogen and oxygen atoms in total. The molecule has 17 heavy (non-hydrogen) atoms. The highest BCUT2D eigenvalue weighted by molar-refractivity contribution is 5.80. The van der Waals surface area contributed by atoms with E-state index in [9.17, 15) is 4.79 Å². The summed E-state index contributed by atoms with van der Waals surface area (Å²) < 4.78 is 0.